The zero-order valence-electron chi connectivity index (χ0n) is 21.6. The summed E-state index contributed by atoms with van der Waals surface area (Å²) in [6.45, 7) is 1.91. The molecule has 1 unspecified atom stereocenters. The van der Waals surface area contributed by atoms with Gasteiger partial charge in [0.15, 0.2) is 0 Å². The Bertz CT molecular complexity index is 1690. The van der Waals surface area contributed by atoms with Gasteiger partial charge in [-0.1, -0.05) is 5.92 Å². The molecule has 0 aliphatic carbocycles. The minimum absolute atomic E-state index is 0.0965. The zero-order valence-corrected chi connectivity index (χ0v) is 22.5. The fourth-order valence-corrected chi connectivity index (χ4v) is 5.42. The van der Waals surface area contributed by atoms with Crippen LogP contribution in [0.5, 0.6) is 11.5 Å². The van der Waals surface area contributed by atoms with Crippen LogP contribution in [0.25, 0.3) is 10.9 Å². The maximum absolute atomic E-state index is 13.8. The van der Waals surface area contributed by atoms with Gasteiger partial charge in [-0.3, -0.25) is 4.79 Å². The lowest BCUT2D eigenvalue weighted by atomic mass is 10.1. The zero-order chi connectivity index (χ0) is 28.9. The molecule has 0 spiro atoms. The smallest absolute Gasteiger partial charge is 0.322 e. The lowest BCUT2D eigenvalue weighted by Crippen LogP contribution is -2.42. The van der Waals surface area contributed by atoms with Crippen LogP contribution in [0.2, 0.25) is 0 Å². The lowest BCUT2D eigenvalue weighted by molar-refractivity contribution is -0.138. The second-order valence-corrected chi connectivity index (χ2v) is 10.6. The number of rotatable bonds is 11. The summed E-state index contributed by atoms with van der Waals surface area (Å²) in [4.78, 5) is 12.0. The molecule has 0 amide bonds. The third-order valence-corrected chi connectivity index (χ3v) is 7.57. The number of nitrogens with one attached hydrogen (secondary N) is 1. The standard InChI is InChI=1S/C29H26F2N2O6S/c1-3-4-11-39-23-5-8-25(9-6-23)40(36,37)32-27(29(34)35)14-20-18-33(17-19-12-21(30)15-22(31)13-19)28-10-7-24(38-2)16-26(20)28/h5-10,12-13,15-16,18,27,32H,11,14,17H2,1-2H3,(H,34,35). The Hall–Kier alpha value is -4.40. The van der Waals surface area contributed by atoms with Crippen LogP contribution in [0.15, 0.2) is 71.8 Å². The Balaban J connectivity index is 1.63. The summed E-state index contributed by atoms with van der Waals surface area (Å²) in [6.07, 6.45) is 1.43. The van der Waals surface area contributed by atoms with E-state index in [1.54, 1.807) is 35.9 Å². The second kappa shape index (κ2) is 12.2. The van der Waals surface area contributed by atoms with Crippen molar-refractivity contribution < 1.29 is 36.6 Å². The molecular weight excluding hydrogens is 542 g/mol. The molecule has 1 heterocycles. The first-order valence-corrected chi connectivity index (χ1v) is 13.6. The Kier molecular flexibility index (Phi) is 8.72. The summed E-state index contributed by atoms with van der Waals surface area (Å²) in [7, 11) is -2.73. The number of benzene rings is 3. The van der Waals surface area contributed by atoms with Crippen molar-refractivity contribution in [3.8, 4) is 23.3 Å². The third kappa shape index (κ3) is 6.77. The van der Waals surface area contributed by atoms with E-state index in [1.165, 1.54) is 43.5 Å². The topological polar surface area (TPSA) is 107 Å². The van der Waals surface area contributed by atoms with E-state index in [0.29, 0.717) is 33.5 Å². The van der Waals surface area contributed by atoms with E-state index < -0.39 is 33.7 Å². The molecule has 3 aromatic carbocycles. The SMILES string of the molecule is CC#CCOc1ccc(S(=O)(=O)NC(Cc2cn(Cc3cc(F)cc(F)c3)c3ccc(OC)cc23)C(=O)O)cc1. The van der Waals surface area contributed by atoms with Gasteiger partial charge in [0, 0.05) is 36.1 Å². The van der Waals surface area contributed by atoms with E-state index in [9.17, 15) is 27.1 Å². The van der Waals surface area contributed by atoms with Gasteiger partial charge in [-0.2, -0.15) is 4.72 Å². The Morgan fingerprint density at radius 1 is 1.05 bits per heavy atom. The van der Waals surface area contributed by atoms with Crippen LogP contribution >= 0.6 is 0 Å². The summed E-state index contributed by atoms with van der Waals surface area (Å²) < 4.78 is 68.4. The van der Waals surface area contributed by atoms with Crippen LogP contribution in [-0.4, -0.2) is 43.8 Å². The highest BCUT2D eigenvalue weighted by Gasteiger charge is 2.27. The van der Waals surface area contributed by atoms with E-state index in [2.05, 4.69) is 16.6 Å². The van der Waals surface area contributed by atoms with E-state index in [0.717, 1.165) is 6.07 Å². The van der Waals surface area contributed by atoms with Crippen molar-refractivity contribution in [1.82, 2.24) is 9.29 Å². The van der Waals surface area contributed by atoms with Crippen molar-refractivity contribution in [2.45, 2.75) is 30.8 Å². The number of ether oxygens (including phenoxy) is 2. The van der Waals surface area contributed by atoms with Gasteiger partial charge in [-0.15, -0.1) is 5.92 Å². The fraction of sp³-hybridized carbons (Fsp3) is 0.207. The first-order valence-electron chi connectivity index (χ1n) is 12.1. The van der Waals surface area contributed by atoms with Crippen LogP contribution in [-0.2, 0) is 27.8 Å². The number of carboxylic acids is 1. The minimum atomic E-state index is -4.21. The van der Waals surface area contributed by atoms with Gasteiger partial charge in [0.25, 0.3) is 0 Å². The Labute approximate surface area is 230 Å². The minimum Gasteiger partial charge on any atom is -0.497 e. The van der Waals surface area contributed by atoms with E-state index in [1.807, 2.05) is 0 Å². The predicted molar refractivity (Wildman–Crippen MR) is 145 cm³/mol. The number of nitrogens with zero attached hydrogens (tertiary/aromatic N) is 1. The van der Waals surface area contributed by atoms with E-state index in [4.69, 9.17) is 9.47 Å². The largest absolute Gasteiger partial charge is 0.497 e. The molecule has 4 rings (SSSR count). The van der Waals surface area contributed by atoms with Crippen LogP contribution in [0, 0.1) is 23.5 Å². The maximum Gasteiger partial charge on any atom is 0.322 e. The molecule has 11 heteroatoms. The summed E-state index contributed by atoms with van der Waals surface area (Å²) in [5.74, 6) is 3.52. The molecule has 1 aromatic heterocycles. The van der Waals surface area contributed by atoms with Crippen molar-refractivity contribution in [1.29, 1.82) is 0 Å². The molecule has 8 nitrogen and oxygen atoms in total. The molecular formula is C29H26F2N2O6S. The summed E-state index contributed by atoms with van der Waals surface area (Å²) in [5, 5.41) is 10.5. The monoisotopic (exact) mass is 568 g/mol. The highest BCUT2D eigenvalue weighted by molar-refractivity contribution is 7.89. The highest BCUT2D eigenvalue weighted by atomic mass is 32.2. The molecule has 0 aliphatic rings. The molecule has 0 saturated carbocycles. The number of hydrogen-bond acceptors (Lipinski definition) is 5. The van der Waals surface area contributed by atoms with Gasteiger partial charge >= 0.3 is 5.97 Å². The van der Waals surface area contributed by atoms with E-state index in [-0.39, 0.29) is 24.5 Å². The van der Waals surface area contributed by atoms with Crippen LogP contribution in [0.4, 0.5) is 8.78 Å². The number of aliphatic carboxylic acids is 1. The maximum atomic E-state index is 13.8. The van der Waals surface area contributed by atoms with Crippen molar-refractivity contribution in [3.63, 3.8) is 0 Å². The van der Waals surface area contributed by atoms with E-state index >= 15 is 0 Å². The van der Waals surface area contributed by atoms with Gasteiger partial charge < -0.3 is 19.1 Å². The number of carbonyl (C=O) groups is 1. The second-order valence-electron chi connectivity index (χ2n) is 8.85. The molecule has 208 valence electrons. The molecule has 4 aromatic rings. The predicted octanol–water partition coefficient (Wildman–Crippen LogP) is 4.35. The fourth-order valence-electron chi connectivity index (χ4n) is 4.23. The Morgan fingerprint density at radius 3 is 2.35 bits per heavy atom. The Morgan fingerprint density at radius 2 is 1.73 bits per heavy atom. The van der Waals surface area contributed by atoms with Gasteiger partial charge in [-0.25, -0.2) is 17.2 Å². The third-order valence-electron chi connectivity index (χ3n) is 6.09. The number of carboxylic acid groups (broad SMARTS) is 1. The molecule has 2 N–H and O–H groups in total. The van der Waals surface area contributed by atoms with Gasteiger partial charge in [0.1, 0.15) is 35.8 Å². The lowest BCUT2D eigenvalue weighted by Gasteiger charge is -2.15. The normalized spacial score (nSPS) is 12.0. The number of sulfonamides is 1. The quantitative estimate of drug-likeness (QED) is 0.261. The summed E-state index contributed by atoms with van der Waals surface area (Å²) in [6, 6.07) is 12.3. The number of halogens is 2. The van der Waals surface area contributed by atoms with Crippen molar-refractivity contribution in [3.05, 3.63) is 89.6 Å². The van der Waals surface area contributed by atoms with Crippen LogP contribution in [0.3, 0.4) is 0 Å². The van der Waals surface area contributed by atoms with Gasteiger partial charge in [0.05, 0.1) is 12.0 Å². The number of methoxy groups -OCH3 is 1. The average Bonchev–Trinajstić information content (AvgIpc) is 3.23. The molecule has 0 radical (unpaired) electrons. The summed E-state index contributed by atoms with van der Waals surface area (Å²) >= 11 is 0. The molecule has 0 fully saturated rings. The molecule has 1 atom stereocenters. The van der Waals surface area contributed by atoms with Crippen LogP contribution in [0.1, 0.15) is 18.1 Å². The first-order chi connectivity index (χ1) is 19.1. The molecule has 0 saturated heterocycles. The van der Waals surface area contributed by atoms with Gasteiger partial charge in [-0.05, 0) is 72.6 Å². The molecule has 0 aliphatic heterocycles. The summed E-state index contributed by atoms with van der Waals surface area (Å²) in [5.41, 5.74) is 1.51. The van der Waals surface area contributed by atoms with Crippen molar-refractivity contribution in [2.75, 3.05) is 13.7 Å². The molecule has 0 bridgehead atoms. The van der Waals surface area contributed by atoms with Crippen molar-refractivity contribution in [2.24, 2.45) is 0 Å². The number of hydrogen-bond donors (Lipinski definition) is 2. The highest BCUT2D eigenvalue weighted by Crippen LogP contribution is 2.28. The van der Waals surface area contributed by atoms with Gasteiger partial charge in [0.2, 0.25) is 10.0 Å². The average molecular weight is 569 g/mol. The number of fused-ring (bicyclic) bond motifs is 1. The van der Waals surface area contributed by atoms with Crippen LogP contribution < -0.4 is 14.2 Å². The first kappa shape index (κ1) is 28.6. The van der Waals surface area contributed by atoms with Crippen molar-refractivity contribution >= 4 is 26.9 Å². The number of aromatic nitrogens is 1. The molecule has 40 heavy (non-hydrogen) atoms.